The van der Waals surface area contributed by atoms with Crippen molar-refractivity contribution in [2.75, 3.05) is 6.54 Å². The fourth-order valence-corrected chi connectivity index (χ4v) is 2.28. The van der Waals surface area contributed by atoms with Gasteiger partial charge < -0.3 is 20.3 Å². The third-order valence-corrected chi connectivity index (χ3v) is 3.67. The highest BCUT2D eigenvalue weighted by Gasteiger charge is 2.23. The van der Waals surface area contributed by atoms with Crippen LogP contribution in [0.1, 0.15) is 42.7 Å². The molecule has 2 rings (SSSR count). The summed E-state index contributed by atoms with van der Waals surface area (Å²) in [5, 5.41) is 18.5. The van der Waals surface area contributed by atoms with E-state index in [4.69, 9.17) is 9.63 Å². The van der Waals surface area contributed by atoms with Gasteiger partial charge in [0.05, 0.1) is 6.61 Å². The van der Waals surface area contributed by atoms with Crippen molar-refractivity contribution in [1.29, 1.82) is 0 Å². The number of aliphatic hydroxyl groups excluding tert-OH is 1. The molecule has 24 heavy (non-hydrogen) atoms. The van der Waals surface area contributed by atoms with E-state index in [0.717, 1.165) is 11.1 Å². The minimum Gasteiger partial charge on any atom is -0.392 e. The summed E-state index contributed by atoms with van der Waals surface area (Å²) in [6.45, 7) is 6.25. The highest BCUT2D eigenvalue weighted by atomic mass is 16.5. The second-order valence-electron chi connectivity index (χ2n) is 6.03. The Bertz CT molecular complexity index is 652. The van der Waals surface area contributed by atoms with Crippen LogP contribution in [0.3, 0.4) is 0 Å². The van der Waals surface area contributed by atoms with Crippen LogP contribution in [0, 0.1) is 12.8 Å². The number of nitrogens with one attached hydrogen (secondary N) is 2. The molecule has 0 bridgehead atoms. The van der Waals surface area contributed by atoms with Crippen molar-refractivity contribution >= 4 is 6.03 Å². The Labute approximate surface area is 141 Å². The van der Waals surface area contributed by atoms with Crippen LogP contribution in [0.15, 0.2) is 28.8 Å². The lowest BCUT2D eigenvalue weighted by Crippen LogP contribution is -2.40. The van der Waals surface area contributed by atoms with Gasteiger partial charge in [-0.05, 0) is 30.4 Å². The zero-order valence-corrected chi connectivity index (χ0v) is 14.2. The summed E-state index contributed by atoms with van der Waals surface area (Å²) in [4.78, 5) is 16.3. The average molecular weight is 332 g/mol. The van der Waals surface area contributed by atoms with E-state index in [2.05, 4.69) is 20.8 Å². The van der Waals surface area contributed by atoms with Gasteiger partial charge in [-0.1, -0.05) is 43.3 Å². The van der Waals surface area contributed by atoms with Gasteiger partial charge >= 0.3 is 6.03 Å². The summed E-state index contributed by atoms with van der Waals surface area (Å²) in [7, 11) is 0. The highest BCUT2D eigenvalue weighted by molar-refractivity contribution is 5.74. The Balaban J connectivity index is 1.82. The maximum atomic E-state index is 12.1. The predicted octanol–water partition coefficient (Wildman–Crippen LogP) is 2.11. The van der Waals surface area contributed by atoms with Crippen molar-refractivity contribution in [3.8, 4) is 0 Å². The largest absolute Gasteiger partial charge is 0.392 e. The minimum atomic E-state index is -0.324. The molecule has 1 aromatic heterocycles. The van der Waals surface area contributed by atoms with E-state index in [0.29, 0.717) is 24.7 Å². The molecule has 0 aliphatic rings. The number of aromatic nitrogens is 2. The molecule has 0 saturated heterocycles. The first-order valence-electron chi connectivity index (χ1n) is 8.03. The summed E-state index contributed by atoms with van der Waals surface area (Å²) in [6.07, 6.45) is 0.713. The molecule has 1 unspecified atom stereocenters. The van der Waals surface area contributed by atoms with Gasteiger partial charge in [0.1, 0.15) is 6.04 Å². The third kappa shape index (κ3) is 5.06. The summed E-state index contributed by atoms with van der Waals surface area (Å²) in [5.74, 6) is 1.09. The van der Waals surface area contributed by atoms with Crippen molar-refractivity contribution in [3.05, 3.63) is 47.1 Å². The van der Waals surface area contributed by atoms with Gasteiger partial charge in [0.2, 0.25) is 5.89 Å². The summed E-state index contributed by atoms with van der Waals surface area (Å²) in [6, 6.07) is 7.06. The van der Waals surface area contributed by atoms with Gasteiger partial charge in [0.25, 0.3) is 0 Å². The summed E-state index contributed by atoms with van der Waals surface area (Å²) < 4.78 is 5.16. The number of carbonyl (C=O) groups excluding carboxylic acids is 1. The van der Waals surface area contributed by atoms with Crippen LogP contribution in [-0.4, -0.2) is 27.8 Å². The Morgan fingerprint density at radius 2 is 1.92 bits per heavy atom. The molecule has 2 aromatic rings. The standard InChI is InChI=1S/C17H24N4O3/c1-11(2)15(16-19-12(3)21-24-16)20-17(23)18-9-8-13-4-6-14(10-22)7-5-13/h4-7,11,15,22H,8-10H2,1-3H3,(H2,18,20,23). The lowest BCUT2D eigenvalue weighted by Gasteiger charge is -2.18. The lowest BCUT2D eigenvalue weighted by molar-refractivity contribution is 0.225. The maximum Gasteiger partial charge on any atom is 0.315 e. The van der Waals surface area contributed by atoms with Gasteiger partial charge in [0.15, 0.2) is 5.82 Å². The summed E-state index contributed by atoms with van der Waals surface area (Å²) >= 11 is 0. The number of hydrogen-bond acceptors (Lipinski definition) is 5. The number of aliphatic hydroxyl groups is 1. The number of carbonyl (C=O) groups is 1. The molecule has 3 N–H and O–H groups in total. The van der Waals surface area contributed by atoms with Crippen LogP contribution in [-0.2, 0) is 13.0 Å². The number of urea groups is 1. The van der Waals surface area contributed by atoms with Crippen LogP contribution in [0.25, 0.3) is 0 Å². The van der Waals surface area contributed by atoms with Crippen molar-refractivity contribution < 1.29 is 14.4 Å². The molecule has 7 heteroatoms. The van der Waals surface area contributed by atoms with Crippen LogP contribution < -0.4 is 10.6 Å². The zero-order valence-electron chi connectivity index (χ0n) is 14.2. The van der Waals surface area contributed by atoms with Gasteiger partial charge in [0, 0.05) is 6.54 Å². The molecule has 1 aromatic carbocycles. The van der Waals surface area contributed by atoms with Gasteiger partial charge in [-0.25, -0.2) is 4.79 Å². The van der Waals surface area contributed by atoms with Crippen molar-refractivity contribution in [1.82, 2.24) is 20.8 Å². The molecule has 0 spiro atoms. The first kappa shape index (κ1) is 17.9. The number of aryl methyl sites for hydroxylation is 1. The fraction of sp³-hybridized carbons (Fsp3) is 0.471. The van der Waals surface area contributed by atoms with E-state index >= 15 is 0 Å². The van der Waals surface area contributed by atoms with E-state index < -0.39 is 0 Å². The maximum absolute atomic E-state index is 12.1. The minimum absolute atomic E-state index is 0.0344. The predicted molar refractivity (Wildman–Crippen MR) is 89.2 cm³/mol. The molecular formula is C17H24N4O3. The Kier molecular flexibility index (Phi) is 6.31. The van der Waals surface area contributed by atoms with E-state index in [-0.39, 0.29) is 24.6 Å². The second-order valence-corrected chi connectivity index (χ2v) is 6.03. The number of amides is 2. The van der Waals surface area contributed by atoms with Crippen LogP contribution in [0.4, 0.5) is 4.79 Å². The van der Waals surface area contributed by atoms with E-state index in [9.17, 15) is 4.79 Å². The SMILES string of the molecule is Cc1noc(C(NC(=O)NCCc2ccc(CO)cc2)C(C)C)n1. The van der Waals surface area contributed by atoms with E-state index in [1.165, 1.54) is 0 Å². The molecule has 7 nitrogen and oxygen atoms in total. The molecule has 0 saturated carbocycles. The molecule has 1 heterocycles. The van der Waals surface area contributed by atoms with Crippen LogP contribution in [0.2, 0.25) is 0 Å². The van der Waals surface area contributed by atoms with Crippen LogP contribution >= 0.6 is 0 Å². The Morgan fingerprint density at radius 3 is 2.46 bits per heavy atom. The molecule has 2 amide bonds. The molecular weight excluding hydrogens is 308 g/mol. The highest BCUT2D eigenvalue weighted by Crippen LogP contribution is 2.19. The first-order valence-corrected chi connectivity index (χ1v) is 8.03. The van der Waals surface area contributed by atoms with Gasteiger partial charge in [-0.15, -0.1) is 0 Å². The topological polar surface area (TPSA) is 100 Å². The summed E-state index contributed by atoms with van der Waals surface area (Å²) in [5.41, 5.74) is 1.97. The normalized spacial score (nSPS) is 12.2. The quantitative estimate of drug-likeness (QED) is 0.721. The van der Waals surface area contributed by atoms with Gasteiger partial charge in [-0.3, -0.25) is 0 Å². The number of nitrogens with zero attached hydrogens (tertiary/aromatic N) is 2. The number of benzene rings is 1. The van der Waals surface area contributed by atoms with E-state index in [1.54, 1.807) is 6.92 Å². The van der Waals surface area contributed by atoms with Crippen LogP contribution in [0.5, 0.6) is 0 Å². The third-order valence-electron chi connectivity index (χ3n) is 3.67. The fourth-order valence-electron chi connectivity index (χ4n) is 2.28. The monoisotopic (exact) mass is 332 g/mol. The Hall–Kier alpha value is -2.41. The van der Waals surface area contributed by atoms with Crippen molar-refractivity contribution in [3.63, 3.8) is 0 Å². The van der Waals surface area contributed by atoms with Crippen molar-refractivity contribution in [2.45, 2.75) is 39.8 Å². The Morgan fingerprint density at radius 1 is 1.25 bits per heavy atom. The smallest absolute Gasteiger partial charge is 0.315 e. The molecule has 1 atom stereocenters. The lowest BCUT2D eigenvalue weighted by atomic mass is 10.0. The zero-order chi connectivity index (χ0) is 17.5. The number of hydrogen-bond donors (Lipinski definition) is 3. The number of rotatable bonds is 7. The molecule has 0 radical (unpaired) electrons. The van der Waals surface area contributed by atoms with E-state index in [1.807, 2.05) is 38.1 Å². The molecule has 0 aliphatic heterocycles. The average Bonchev–Trinajstić information content (AvgIpc) is 2.99. The molecule has 0 aliphatic carbocycles. The van der Waals surface area contributed by atoms with Gasteiger partial charge in [-0.2, -0.15) is 4.98 Å². The molecule has 0 fully saturated rings. The first-order chi connectivity index (χ1) is 11.5. The van der Waals surface area contributed by atoms with Crippen molar-refractivity contribution in [2.24, 2.45) is 5.92 Å². The second kappa shape index (κ2) is 8.44. The molecule has 130 valence electrons.